The second-order valence-electron chi connectivity index (χ2n) is 8.53. The third-order valence-corrected chi connectivity index (χ3v) is 6.62. The molecule has 0 N–H and O–H groups in total. The summed E-state index contributed by atoms with van der Waals surface area (Å²) in [5.74, 6) is 0. The lowest BCUT2D eigenvalue weighted by molar-refractivity contribution is 1.13. The van der Waals surface area contributed by atoms with E-state index in [-0.39, 0.29) is 0 Å². The van der Waals surface area contributed by atoms with E-state index in [4.69, 9.17) is 4.98 Å². The number of rotatable bonds is 3. The molecule has 0 saturated carbocycles. The van der Waals surface area contributed by atoms with Gasteiger partial charge in [-0.05, 0) is 48.5 Å². The predicted molar refractivity (Wildman–Crippen MR) is 141 cm³/mol. The van der Waals surface area contributed by atoms with Crippen molar-refractivity contribution in [1.29, 1.82) is 0 Å². The van der Waals surface area contributed by atoms with E-state index < -0.39 is 0 Å². The molecule has 7 aromatic rings. The van der Waals surface area contributed by atoms with Crippen LogP contribution in [-0.2, 0) is 0 Å². The second kappa shape index (κ2) is 7.46. The molecule has 7 rings (SSSR count). The van der Waals surface area contributed by atoms with Crippen LogP contribution in [0.5, 0.6) is 0 Å². The van der Waals surface area contributed by atoms with Crippen LogP contribution >= 0.6 is 0 Å². The molecule has 0 aliphatic heterocycles. The second-order valence-corrected chi connectivity index (χ2v) is 8.53. The van der Waals surface area contributed by atoms with Crippen LogP contribution in [0.4, 0.5) is 0 Å². The first-order valence-electron chi connectivity index (χ1n) is 11.5. The fraction of sp³-hybridized carbons (Fsp3) is 0. The summed E-state index contributed by atoms with van der Waals surface area (Å²) < 4.78 is 4.59. The van der Waals surface area contributed by atoms with E-state index in [2.05, 4.69) is 112 Å². The van der Waals surface area contributed by atoms with Gasteiger partial charge in [-0.2, -0.15) is 0 Å². The Morgan fingerprint density at radius 2 is 1.21 bits per heavy atom. The Morgan fingerprint density at radius 1 is 0.500 bits per heavy atom. The highest BCUT2D eigenvalue weighted by Crippen LogP contribution is 2.37. The van der Waals surface area contributed by atoms with Crippen molar-refractivity contribution in [3.05, 3.63) is 128 Å². The van der Waals surface area contributed by atoms with Gasteiger partial charge in [0.05, 0.1) is 34.1 Å². The van der Waals surface area contributed by atoms with Gasteiger partial charge >= 0.3 is 0 Å². The minimum absolute atomic E-state index is 0.979. The monoisotopic (exact) mass is 435 g/mol. The summed E-state index contributed by atoms with van der Waals surface area (Å²) in [6.45, 7) is 0. The predicted octanol–water partition coefficient (Wildman–Crippen LogP) is 7.79. The first-order chi connectivity index (χ1) is 16.9. The van der Waals surface area contributed by atoms with Crippen molar-refractivity contribution >= 4 is 32.7 Å². The fourth-order valence-corrected chi connectivity index (χ4v) is 5.07. The molecule has 0 aliphatic carbocycles. The number of aromatic nitrogens is 3. The maximum absolute atomic E-state index is 4.80. The van der Waals surface area contributed by atoms with Gasteiger partial charge < -0.3 is 9.13 Å². The quantitative estimate of drug-likeness (QED) is 0.278. The Hall–Kier alpha value is -4.63. The zero-order valence-electron chi connectivity index (χ0n) is 18.5. The van der Waals surface area contributed by atoms with Gasteiger partial charge in [-0.15, -0.1) is 0 Å². The Kier molecular flexibility index (Phi) is 4.15. The van der Waals surface area contributed by atoms with Gasteiger partial charge in [0.25, 0.3) is 0 Å². The van der Waals surface area contributed by atoms with Crippen LogP contribution in [-0.4, -0.2) is 14.1 Å². The molecule has 3 heteroatoms. The zero-order chi connectivity index (χ0) is 22.5. The largest absolute Gasteiger partial charge is 0.317 e. The molecule has 0 atom stereocenters. The van der Waals surface area contributed by atoms with E-state index in [0.717, 1.165) is 16.9 Å². The average molecular weight is 436 g/mol. The van der Waals surface area contributed by atoms with Crippen LogP contribution in [0.2, 0.25) is 0 Å². The van der Waals surface area contributed by atoms with Crippen LogP contribution in [0.25, 0.3) is 55.3 Å². The summed E-state index contributed by atoms with van der Waals surface area (Å²) in [4.78, 5) is 4.80. The van der Waals surface area contributed by atoms with E-state index in [1.165, 1.54) is 38.4 Å². The van der Waals surface area contributed by atoms with Gasteiger partial charge in [-0.25, -0.2) is 0 Å². The summed E-state index contributed by atoms with van der Waals surface area (Å²) in [5, 5.41) is 3.78. The summed E-state index contributed by atoms with van der Waals surface area (Å²) in [6, 6.07) is 40.4. The molecule has 34 heavy (non-hydrogen) atoms. The number of fused-ring (bicyclic) bond motifs is 5. The molecule has 0 fully saturated rings. The number of hydrogen-bond acceptors (Lipinski definition) is 1. The van der Waals surface area contributed by atoms with Gasteiger partial charge in [0.1, 0.15) is 0 Å². The van der Waals surface area contributed by atoms with E-state index in [9.17, 15) is 0 Å². The molecule has 3 aromatic heterocycles. The molecule has 160 valence electrons. The maximum atomic E-state index is 4.80. The zero-order valence-corrected chi connectivity index (χ0v) is 18.5. The van der Waals surface area contributed by atoms with Crippen molar-refractivity contribution in [3.63, 3.8) is 0 Å². The molecule has 0 spiro atoms. The van der Waals surface area contributed by atoms with Gasteiger partial charge in [-0.1, -0.05) is 66.7 Å². The summed E-state index contributed by atoms with van der Waals surface area (Å²) in [7, 11) is 0. The molecular formula is C31H21N3. The number of nitrogens with zero attached hydrogens (tertiary/aromatic N) is 3. The number of benzene rings is 4. The smallest absolute Gasteiger partial charge is 0.0703 e. The van der Waals surface area contributed by atoms with Crippen molar-refractivity contribution in [2.75, 3.05) is 0 Å². The van der Waals surface area contributed by atoms with Crippen LogP contribution < -0.4 is 0 Å². The first-order valence-corrected chi connectivity index (χ1v) is 11.5. The molecule has 0 unspecified atom stereocenters. The molecule has 0 aliphatic rings. The fourth-order valence-electron chi connectivity index (χ4n) is 5.07. The highest BCUT2D eigenvalue weighted by atomic mass is 15.0. The molecule has 0 radical (unpaired) electrons. The molecule has 0 saturated heterocycles. The average Bonchev–Trinajstić information content (AvgIpc) is 3.49. The van der Waals surface area contributed by atoms with Crippen molar-refractivity contribution in [1.82, 2.24) is 14.1 Å². The molecule has 4 aromatic carbocycles. The summed E-state index contributed by atoms with van der Waals surface area (Å²) in [5.41, 5.74) is 7.92. The van der Waals surface area contributed by atoms with Gasteiger partial charge in [-0.3, -0.25) is 4.98 Å². The molecular weight excluding hydrogens is 414 g/mol. The first kappa shape index (κ1) is 18.9. The molecule has 3 nitrogen and oxygen atoms in total. The minimum Gasteiger partial charge on any atom is -0.317 e. The Balaban J connectivity index is 1.47. The van der Waals surface area contributed by atoms with Crippen LogP contribution in [0.1, 0.15) is 0 Å². The lowest BCUT2D eigenvalue weighted by atomic mass is 10.1. The molecule has 0 amide bonds. The van der Waals surface area contributed by atoms with Gasteiger partial charge in [0.15, 0.2) is 0 Å². The highest BCUT2D eigenvalue weighted by Gasteiger charge is 2.16. The summed E-state index contributed by atoms with van der Waals surface area (Å²) >= 11 is 0. The van der Waals surface area contributed by atoms with E-state index in [0.29, 0.717) is 0 Å². The Morgan fingerprint density at radius 3 is 2.00 bits per heavy atom. The van der Waals surface area contributed by atoms with Gasteiger partial charge in [0.2, 0.25) is 0 Å². The van der Waals surface area contributed by atoms with Crippen molar-refractivity contribution in [2.24, 2.45) is 0 Å². The van der Waals surface area contributed by atoms with Crippen LogP contribution in [0.3, 0.4) is 0 Å². The van der Waals surface area contributed by atoms with E-state index in [1.807, 2.05) is 24.4 Å². The van der Waals surface area contributed by atoms with Crippen molar-refractivity contribution < 1.29 is 0 Å². The van der Waals surface area contributed by atoms with E-state index >= 15 is 0 Å². The Bertz CT molecular complexity index is 1770. The topological polar surface area (TPSA) is 22.8 Å². The minimum atomic E-state index is 0.979. The van der Waals surface area contributed by atoms with Gasteiger partial charge in [0, 0.05) is 33.6 Å². The number of pyridine rings is 1. The number of para-hydroxylation sites is 2. The maximum Gasteiger partial charge on any atom is 0.0703 e. The lowest BCUT2D eigenvalue weighted by Crippen LogP contribution is -1.95. The third-order valence-electron chi connectivity index (χ3n) is 6.62. The Labute approximate surface area is 197 Å². The van der Waals surface area contributed by atoms with Crippen molar-refractivity contribution in [2.45, 2.75) is 0 Å². The number of hydrogen-bond donors (Lipinski definition) is 0. The van der Waals surface area contributed by atoms with Crippen molar-refractivity contribution in [3.8, 4) is 22.6 Å². The lowest BCUT2D eigenvalue weighted by Gasteiger charge is -2.09. The third kappa shape index (κ3) is 2.81. The SMILES string of the molecule is c1ccc(-c2ccc(-n3c4ccccc4c4c5ccn(-c6ccccc6)c5ccc43)cn2)cc1. The molecule has 0 bridgehead atoms. The molecule has 3 heterocycles. The van der Waals surface area contributed by atoms with Crippen LogP contribution in [0, 0.1) is 0 Å². The summed E-state index contributed by atoms with van der Waals surface area (Å²) in [6.07, 6.45) is 4.15. The van der Waals surface area contributed by atoms with Crippen LogP contribution in [0.15, 0.2) is 128 Å². The normalized spacial score (nSPS) is 11.5. The standard InChI is InChI=1S/C31H21N3/c1-3-9-22(10-4-1)27-16-15-24(21-32-27)34-29-14-8-7-13-25(29)31-26-19-20-33(23-11-5-2-6-12-23)28(26)17-18-30(31)34/h1-21H. The highest BCUT2D eigenvalue weighted by molar-refractivity contribution is 6.21. The van der Waals surface area contributed by atoms with E-state index in [1.54, 1.807) is 0 Å².